The molecule has 3 rings (SSSR count). The molecule has 29 heavy (non-hydrogen) atoms. The van der Waals surface area contributed by atoms with E-state index in [2.05, 4.69) is 11.4 Å². The Morgan fingerprint density at radius 1 is 1.07 bits per heavy atom. The van der Waals surface area contributed by atoms with Gasteiger partial charge in [-0.15, -0.1) is 0 Å². The van der Waals surface area contributed by atoms with Crippen LogP contribution in [-0.4, -0.2) is 42.4 Å². The maximum atomic E-state index is 12.9. The summed E-state index contributed by atoms with van der Waals surface area (Å²) in [5.41, 5.74) is 4.14. The van der Waals surface area contributed by atoms with Crippen molar-refractivity contribution in [1.82, 2.24) is 4.90 Å². The van der Waals surface area contributed by atoms with Crippen LogP contribution in [0.25, 0.3) is 0 Å². The van der Waals surface area contributed by atoms with Gasteiger partial charge in [0.2, 0.25) is 11.8 Å². The third-order valence-corrected chi connectivity index (χ3v) is 5.60. The van der Waals surface area contributed by atoms with Crippen LogP contribution in [0.5, 0.6) is 0 Å². The van der Waals surface area contributed by atoms with Crippen LogP contribution in [-0.2, 0) is 22.4 Å². The number of carbonyl (C=O) groups is 2. The lowest BCUT2D eigenvalue weighted by atomic mass is 10.0. The number of carbonyl (C=O) groups excluding carboxylic acids is 2. The molecule has 0 radical (unpaired) electrons. The molecule has 1 unspecified atom stereocenters. The van der Waals surface area contributed by atoms with E-state index in [0.29, 0.717) is 6.42 Å². The Bertz CT molecular complexity index is 861. The van der Waals surface area contributed by atoms with Crippen LogP contribution < -0.4 is 10.2 Å². The molecule has 0 spiro atoms. The lowest BCUT2D eigenvalue weighted by Gasteiger charge is -2.29. The summed E-state index contributed by atoms with van der Waals surface area (Å²) in [5, 5.41) is 3.25. The van der Waals surface area contributed by atoms with Gasteiger partial charge in [0.15, 0.2) is 0 Å². The second-order valence-electron chi connectivity index (χ2n) is 8.06. The van der Waals surface area contributed by atoms with Gasteiger partial charge < -0.3 is 15.1 Å². The summed E-state index contributed by atoms with van der Waals surface area (Å²) in [7, 11) is 1.82. The van der Waals surface area contributed by atoms with Crippen LogP contribution in [0.1, 0.15) is 38.3 Å². The highest BCUT2D eigenvalue weighted by Gasteiger charge is 2.22. The van der Waals surface area contributed by atoms with Crippen molar-refractivity contribution in [3.05, 3.63) is 59.7 Å². The summed E-state index contributed by atoms with van der Waals surface area (Å²) in [6.07, 6.45) is 2.41. The van der Waals surface area contributed by atoms with Gasteiger partial charge in [-0.05, 0) is 62.9 Å². The number of hydrogen-bond donors (Lipinski definition) is 1. The van der Waals surface area contributed by atoms with E-state index in [0.717, 1.165) is 36.3 Å². The molecular weight excluding hydrogens is 362 g/mol. The predicted octanol–water partition coefficient (Wildman–Crippen LogP) is 3.88. The van der Waals surface area contributed by atoms with Crippen molar-refractivity contribution in [2.24, 2.45) is 0 Å². The molecule has 2 aromatic rings. The number of para-hydroxylation sites is 1. The van der Waals surface area contributed by atoms with Crippen molar-refractivity contribution in [2.45, 2.75) is 52.1 Å². The molecule has 5 nitrogen and oxygen atoms in total. The number of aryl methyl sites for hydroxylation is 1. The molecule has 1 N–H and O–H groups in total. The lowest BCUT2D eigenvalue weighted by Crippen LogP contribution is -2.42. The van der Waals surface area contributed by atoms with E-state index >= 15 is 0 Å². The molecule has 0 fully saturated rings. The second-order valence-corrected chi connectivity index (χ2v) is 8.06. The number of rotatable bonds is 6. The summed E-state index contributed by atoms with van der Waals surface area (Å²) in [4.78, 5) is 28.9. The monoisotopic (exact) mass is 393 g/mol. The quantitative estimate of drug-likeness (QED) is 0.810. The van der Waals surface area contributed by atoms with E-state index in [-0.39, 0.29) is 23.9 Å². The van der Waals surface area contributed by atoms with Crippen molar-refractivity contribution in [3.8, 4) is 0 Å². The number of benzene rings is 2. The Labute approximate surface area is 173 Å². The number of likely N-dealkylation sites (N-methyl/N-ethyl adjacent to an activating group) is 1. The zero-order valence-corrected chi connectivity index (χ0v) is 17.8. The van der Waals surface area contributed by atoms with Gasteiger partial charge in [-0.2, -0.15) is 0 Å². The van der Waals surface area contributed by atoms with Crippen molar-refractivity contribution >= 4 is 23.2 Å². The Morgan fingerprint density at radius 3 is 2.45 bits per heavy atom. The van der Waals surface area contributed by atoms with E-state index in [1.54, 1.807) is 4.90 Å². The third kappa shape index (κ3) is 4.97. The fourth-order valence-corrected chi connectivity index (χ4v) is 3.65. The van der Waals surface area contributed by atoms with Gasteiger partial charge in [0.25, 0.3) is 0 Å². The van der Waals surface area contributed by atoms with Crippen molar-refractivity contribution < 1.29 is 9.59 Å². The first kappa shape index (κ1) is 20.9. The maximum Gasteiger partial charge on any atom is 0.244 e. The number of nitrogens with zero attached hydrogens (tertiary/aromatic N) is 2. The van der Waals surface area contributed by atoms with Crippen LogP contribution in [0.4, 0.5) is 11.4 Å². The Balaban J connectivity index is 1.61. The Hall–Kier alpha value is -2.82. The normalized spacial score (nSPS) is 14.3. The fraction of sp³-hybridized carbons (Fsp3) is 0.417. The third-order valence-electron chi connectivity index (χ3n) is 5.60. The molecular formula is C24H31N3O2. The van der Waals surface area contributed by atoms with Crippen molar-refractivity contribution in [3.63, 3.8) is 0 Å². The van der Waals surface area contributed by atoms with Crippen LogP contribution >= 0.6 is 0 Å². The number of fused-ring (bicyclic) bond motifs is 1. The molecule has 0 bridgehead atoms. The number of amides is 2. The number of anilines is 2. The first-order valence-electron chi connectivity index (χ1n) is 10.4. The molecule has 154 valence electrons. The van der Waals surface area contributed by atoms with Crippen molar-refractivity contribution in [1.29, 1.82) is 0 Å². The molecule has 2 aromatic carbocycles. The summed E-state index contributed by atoms with van der Waals surface area (Å²) >= 11 is 0. The molecule has 0 saturated heterocycles. The molecule has 1 heterocycles. The summed E-state index contributed by atoms with van der Waals surface area (Å²) in [5.74, 6) is 0.183. The van der Waals surface area contributed by atoms with Crippen LogP contribution in [0.15, 0.2) is 48.5 Å². The van der Waals surface area contributed by atoms with E-state index in [1.165, 1.54) is 5.56 Å². The molecule has 1 atom stereocenters. The average Bonchev–Trinajstić information content (AvgIpc) is 2.73. The van der Waals surface area contributed by atoms with E-state index < -0.39 is 0 Å². The average molecular weight is 394 g/mol. The zero-order valence-electron chi connectivity index (χ0n) is 17.8. The van der Waals surface area contributed by atoms with Gasteiger partial charge in [0, 0.05) is 31.0 Å². The summed E-state index contributed by atoms with van der Waals surface area (Å²) in [6, 6.07) is 15.8. The molecule has 0 aromatic heterocycles. The fourth-order valence-electron chi connectivity index (χ4n) is 3.65. The van der Waals surface area contributed by atoms with Gasteiger partial charge in [-0.1, -0.05) is 30.3 Å². The first-order chi connectivity index (χ1) is 13.9. The minimum atomic E-state index is -0.306. The van der Waals surface area contributed by atoms with Gasteiger partial charge in [-0.3, -0.25) is 9.59 Å². The largest absolute Gasteiger partial charge is 0.374 e. The summed E-state index contributed by atoms with van der Waals surface area (Å²) < 4.78 is 0. The number of hydrogen-bond acceptors (Lipinski definition) is 3. The van der Waals surface area contributed by atoms with Crippen LogP contribution in [0, 0.1) is 0 Å². The highest BCUT2D eigenvalue weighted by molar-refractivity contribution is 5.96. The maximum absolute atomic E-state index is 12.9. The Morgan fingerprint density at radius 2 is 1.76 bits per heavy atom. The van der Waals surface area contributed by atoms with E-state index in [4.69, 9.17) is 0 Å². The molecule has 5 heteroatoms. The van der Waals surface area contributed by atoms with Crippen molar-refractivity contribution in [2.75, 3.05) is 23.8 Å². The standard InChI is InChI=1S/C24H31N3O2/c1-17(2)26(4)24(29)18(3)25-21-13-11-19(12-14-21)16-23(28)27-15-7-9-20-8-5-6-10-22(20)27/h5-6,8,10-14,17-18,25H,7,9,15-16H2,1-4H3. The van der Waals surface area contributed by atoms with Crippen LogP contribution in [0.3, 0.4) is 0 Å². The van der Waals surface area contributed by atoms with E-state index in [9.17, 15) is 9.59 Å². The topological polar surface area (TPSA) is 52.7 Å². The number of nitrogens with one attached hydrogen (secondary N) is 1. The molecule has 0 saturated carbocycles. The molecule has 1 aliphatic rings. The van der Waals surface area contributed by atoms with Crippen LogP contribution in [0.2, 0.25) is 0 Å². The molecule has 2 amide bonds. The minimum absolute atomic E-state index is 0.0584. The van der Waals surface area contributed by atoms with Gasteiger partial charge in [0.05, 0.1) is 6.42 Å². The smallest absolute Gasteiger partial charge is 0.244 e. The van der Waals surface area contributed by atoms with Gasteiger partial charge >= 0.3 is 0 Å². The van der Waals surface area contributed by atoms with Gasteiger partial charge in [-0.25, -0.2) is 0 Å². The van der Waals surface area contributed by atoms with E-state index in [1.807, 2.05) is 75.2 Å². The second kappa shape index (κ2) is 9.12. The first-order valence-corrected chi connectivity index (χ1v) is 10.4. The minimum Gasteiger partial charge on any atom is -0.374 e. The predicted molar refractivity (Wildman–Crippen MR) is 118 cm³/mol. The zero-order chi connectivity index (χ0) is 21.0. The Kier molecular flexibility index (Phi) is 6.57. The molecule has 1 aliphatic heterocycles. The lowest BCUT2D eigenvalue weighted by molar-refractivity contribution is -0.131. The molecule has 0 aliphatic carbocycles. The highest BCUT2D eigenvalue weighted by Crippen LogP contribution is 2.27. The highest BCUT2D eigenvalue weighted by atomic mass is 16.2. The van der Waals surface area contributed by atoms with Gasteiger partial charge in [0.1, 0.15) is 6.04 Å². The summed E-state index contributed by atoms with van der Waals surface area (Å²) in [6.45, 7) is 6.64. The SMILES string of the molecule is CC(Nc1ccc(CC(=O)N2CCCc3ccccc32)cc1)C(=O)N(C)C(C)C.